The number of aldehydes is 1. The minimum Gasteiger partial charge on any atom is -0.300 e. The van der Waals surface area contributed by atoms with E-state index in [2.05, 4.69) is 22.6 Å². The maximum absolute atomic E-state index is 11.2. The van der Waals surface area contributed by atoms with Crippen molar-refractivity contribution in [1.82, 2.24) is 4.57 Å². The maximum Gasteiger partial charge on any atom is 0.153 e. The Morgan fingerprint density at radius 1 is 1.05 bits per heavy atom. The van der Waals surface area contributed by atoms with E-state index in [1.54, 1.807) is 0 Å². The molecule has 3 rings (SSSR count). The molecule has 0 aliphatic rings. The summed E-state index contributed by atoms with van der Waals surface area (Å²) in [6.45, 7) is 0. The summed E-state index contributed by atoms with van der Waals surface area (Å²) >= 11 is 8.61. The molecule has 4 heteroatoms. The van der Waals surface area contributed by atoms with Crippen molar-refractivity contribution in [3.63, 3.8) is 0 Å². The predicted molar refractivity (Wildman–Crippen MR) is 86.4 cm³/mol. The highest BCUT2D eigenvalue weighted by Gasteiger charge is 2.15. The van der Waals surface area contributed by atoms with Crippen LogP contribution in [0.2, 0.25) is 5.15 Å². The van der Waals surface area contributed by atoms with Gasteiger partial charge in [0.1, 0.15) is 5.15 Å². The smallest absolute Gasteiger partial charge is 0.153 e. The zero-order valence-corrected chi connectivity index (χ0v) is 12.7. The summed E-state index contributed by atoms with van der Waals surface area (Å²) in [5.41, 5.74) is 2.43. The second kappa shape index (κ2) is 4.98. The van der Waals surface area contributed by atoms with Gasteiger partial charge in [0.05, 0.1) is 11.1 Å². The third-order valence-corrected chi connectivity index (χ3v) is 4.15. The monoisotopic (exact) mass is 381 g/mol. The topological polar surface area (TPSA) is 22.0 Å². The van der Waals surface area contributed by atoms with Gasteiger partial charge >= 0.3 is 0 Å². The van der Waals surface area contributed by atoms with Crippen LogP contribution < -0.4 is 0 Å². The van der Waals surface area contributed by atoms with Crippen molar-refractivity contribution < 1.29 is 4.79 Å². The maximum atomic E-state index is 11.2. The van der Waals surface area contributed by atoms with Crippen LogP contribution >= 0.6 is 34.2 Å². The normalized spacial score (nSPS) is 10.8. The first-order chi connectivity index (χ1) is 9.22. The predicted octanol–water partition coefficient (Wildman–Crippen LogP) is 4.70. The molecular formula is C15H9ClINO. The van der Waals surface area contributed by atoms with Crippen molar-refractivity contribution >= 4 is 51.4 Å². The van der Waals surface area contributed by atoms with Crippen molar-refractivity contribution in [2.45, 2.75) is 0 Å². The number of para-hydroxylation sites is 1. The number of rotatable bonds is 2. The Morgan fingerprint density at radius 2 is 1.74 bits per heavy atom. The number of benzene rings is 2. The number of carbonyl (C=O) groups excluding carboxylic acids is 1. The molecule has 0 saturated carbocycles. The summed E-state index contributed by atoms with van der Waals surface area (Å²) < 4.78 is 3.06. The molecule has 3 aromatic rings. The van der Waals surface area contributed by atoms with Crippen LogP contribution in [0.5, 0.6) is 0 Å². The third kappa shape index (κ3) is 2.07. The molecule has 0 atom stereocenters. The molecule has 0 spiro atoms. The Balaban J connectivity index is 2.37. The fourth-order valence-corrected chi connectivity index (χ4v) is 2.88. The fraction of sp³-hybridized carbons (Fsp3) is 0. The molecule has 0 fully saturated rings. The number of fused-ring (bicyclic) bond motifs is 1. The number of aromatic nitrogens is 1. The van der Waals surface area contributed by atoms with E-state index in [0.29, 0.717) is 10.7 Å². The Kier molecular flexibility index (Phi) is 3.33. The lowest BCUT2D eigenvalue weighted by Gasteiger charge is -2.07. The average molecular weight is 382 g/mol. The molecule has 1 heterocycles. The van der Waals surface area contributed by atoms with Gasteiger partial charge in [-0.1, -0.05) is 29.8 Å². The molecule has 0 amide bonds. The molecule has 94 valence electrons. The van der Waals surface area contributed by atoms with Crippen molar-refractivity contribution in [3.8, 4) is 5.69 Å². The minimum atomic E-state index is 0.456. The highest BCUT2D eigenvalue weighted by Crippen LogP contribution is 2.31. The van der Waals surface area contributed by atoms with Crippen LogP contribution in [0.15, 0.2) is 48.5 Å². The summed E-state index contributed by atoms with van der Waals surface area (Å²) in [6, 6.07) is 15.7. The summed E-state index contributed by atoms with van der Waals surface area (Å²) in [5.74, 6) is 0. The number of hydrogen-bond acceptors (Lipinski definition) is 1. The molecule has 0 bridgehead atoms. The van der Waals surface area contributed by atoms with Gasteiger partial charge in [-0.3, -0.25) is 9.36 Å². The molecule has 1 aromatic heterocycles. The Labute approximate surface area is 129 Å². The first-order valence-electron chi connectivity index (χ1n) is 5.72. The lowest BCUT2D eigenvalue weighted by Crippen LogP contribution is -1.94. The van der Waals surface area contributed by atoms with Crippen LogP contribution in [-0.2, 0) is 0 Å². The minimum absolute atomic E-state index is 0.456. The second-order valence-electron chi connectivity index (χ2n) is 4.15. The zero-order valence-electron chi connectivity index (χ0n) is 9.81. The standard InChI is InChI=1S/C15H9ClINO/c16-15-13(9-19)12-3-1-2-4-14(12)18(15)11-7-5-10(17)6-8-11/h1-9H. The van der Waals surface area contributed by atoms with Gasteiger partial charge in [-0.2, -0.15) is 0 Å². The van der Waals surface area contributed by atoms with Crippen molar-refractivity contribution in [3.05, 3.63) is 62.8 Å². The Bertz CT molecular complexity index is 762. The van der Waals surface area contributed by atoms with E-state index in [9.17, 15) is 4.79 Å². The van der Waals surface area contributed by atoms with Crippen LogP contribution in [0.1, 0.15) is 10.4 Å². The van der Waals surface area contributed by atoms with Gasteiger partial charge in [0.25, 0.3) is 0 Å². The quantitative estimate of drug-likeness (QED) is 0.466. The molecule has 0 aliphatic carbocycles. The molecule has 2 aromatic carbocycles. The second-order valence-corrected chi connectivity index (χ2v) is 5.75. The molecule has 0 unspecified atom stereocenters. The molecular weight excluding hydrogens is 373 g/mol. The Hall–Kier alpha value is -1.33. The molecule has 0 N–H and O–H groups in total. The first-order valence-corrected chi connectivity index (χ1v) is 7.18. The van der Waals surface area contributed by atoms with Crippen LogP contribution in [0.25, 0.3) is 16.6 Å². The molecule has 2 nitrogen and oxygen atoms in total. The van der Waals surface area contributed by atoms with E-state index in [4.69, 9.17) is 11.6 Å². The van der Waals surface area contributed by atoms with E-state index in [-0.39, 0.29) is 0 Å². The molecule has 0 aliphatic heterocycles. The molecule has 0 saturated heterocycles. The SMILES string of the molecule is O=Cc1c(Cl)n(-c2ccc(I)cc2)c2ccccc12. The molecule has 0 radical (unpaired) electrons. The van der Waals surface area contributed by atoms with Gasteiger partial charge in [-0.25, -0.2) is 0 Å². The molecule has 19 heavy (non-hydrogen) atoms. The lowest BCUT2D eigenvalue weighted by molar-refractivity contribution is 0.112. The van der Waals surface area contributed by atoms with E-state index in [1.165, 1.54) is 0 Å². The summed E-state index contributed by atoms with van der Waals surface area (Å²) in [7, 11) is 0. The fourth-order valence-electron chi connectivity index (χ4n) is 2.19. The van der Waals surface area contributed by atoms with Gasteiger partial charge < -0.3 is 0 Å². The lowest BCUT2D eigenvalue weighted by atomic mass is 10.2. The highest BCUT2D eigenvalue weighted by atomic mass is 127. The van der Waals surface area contributed by atoms with Gasteiger partial charge in [0.2, 0.25) is 0 Å². The average Bonchev–Trinajstić information content (AvgIpc) is 2.71. The third-order valence-electron chi connectivity index (χ3n) is 3.06. The van der Waals surface area contributed by atoms with E-state index in [1.807, 2.05) is 53.1 Å². The number of nitrogens with zero attached hydrogens (tertiary/aromatic N) is 1. The van der Waals surface area contributed by atoms with Crippen LogP contribution in [0.3, 0.4) is 0 Å². The van der Waals surface area contributed by atoms with E-state index >= 15 is 0 Å². The van der Waals surface area contributed by atoms with Crippen molar-refractivity contribution in [1.29, 1.82) is 0 Å². The largest absolute Gasteiger partial charge is 0.300 e. The van der Waals surface area contributed by atoms with E-state index in [0.717, 1.165) is 26.4 Å². The Morgan fingerprint density at radius 3 is 2.42 bits per heavy atom. The zero-order chi connectivity index (χ0) is 13.4. The number of hydrogen-bond donors (Lipinski definition) is 0. The number of halogens is 2. The summed E-state index contributed by atoms with van der Waals surface area (Å²) in [5, 5.41) is 1.33. The summed E-state index contributed by atoms with van der Waals surface area (Å²) in [6.07, 6.45) is 0.813. The van der Waals surface area contributed by atoms with Crippen LogP contribution in [-0.4, -0.2) is 10.9 Å². The van der Waals surface area contributed by atoms with Crippen molar-refractivity contribution in [2.24, 2.45) is 0 Å². The van der Waals surface area contributed by atoms with Crippen LogP contribution in [0.4, 0.5) is 0 Å². The van der Waals surface area contributed by atoms with Crippen LogP contribution in [0, 0.1) is 3.57 Å². The summed E-state index contributed by atoms with van der Waals surface area (Å²) in [4.78, 5) is 11.2. The van der Waals surface area contributed by atoms with Gasteiger partial charge in [0.15, 0.2) is 6.29 Å². The number of carbonyl (C=O) groups is 1. The first kappa shape index (κ1) is 12.7. The van der Waals surface area contributed by atoms with Gasteiger partial charge in [-0.05, 0) is 52.9 Å². The van der Waals surface area contributed by atoms with Gasteiger partial charge in [-0.15, -0.1) is 0 Å². The highest BCUT2D eigenvalue weighted by molar-refractivity contribution is 14.1. The van der Waals surface area contributed by atoms with Crippen molar-refractivity contribution in [2.75, 3.05) is 0 Å². The van der Waals surface area contributed by atoms with E-state index < -0.39 is 0 Å². The van der Waals surface area contributed by atoms with Gasteiger partial charge in [0, 0.05) is 14.6 Å².